The van der Waals surface area contributed by atoms with E-state index in [-0.39, 0.29) is 10.8 Å². The van der Waals surface area contributed by atoms with Gasteiger partial charge < -0.3 is 4.74 Å². The Kier molecular flexibility index (Phi) is 2.65. The molecule has 2 nitrogen and oxygen atoms in total. The molecule has 0 radical (unpaired) electrons. The normalized spacial score (nSPS) is 9.73. The summed E-state index contributed by atoms with van der Waals surface area (Å²) in [5.74, 6) is -0.643. The third-order valence-electron chi connectivity index (χ3n) is 1.10. The van der Waals surface area contributed by atoms with Crippen molar-refractivity contribution < 1.29 is 9.13 Å². The summed E-state index contributed by atoms with van der Waals surface area (Å²) >= 11 is 5.60. The largest absolute Gasteiger partial charge is 0.488 e. The highest BCUT2D eigenvalue weighted by molar-refractivity contribution is 6.32. The molecule has 0 saturated heterocycles. The highest BCUT2D eigenvalue weighted by Gasteiger charge is 2.07. The summed E-state index contributed by atoms with van der Waals surface area (Å²) in [6.45, 7) is 2.13. The molecular formula is C7H7ClFNO. The summed E-state index contributed by atoms with van der Waals surface area (Å²) in [6.07, 6.45) is 1.29. The molecule has 0 amide bonds. The minimum atomic E-state index is -0.667. The zero-order valence-corrected chi connectivity index (χ0v) is 6.73. The lowest BCUT2D eigenvalue weighted by molar-refractivity contribution is 0.316. The van der Waals surface area contributed by atoms with Crippen LogP contribution in [0.15, 0.2) is 12.3 Å². The fourth-order valence-electron chi connectivity index (χ4n) is 0.674. The van der Waals surface area contributed by atoms with Gasteiger partial charge in [-0.15, -0.1) is 0 Å². The molecule has 0 aliphatic heterocycles. The molecule has 11 heavy (non-hydrogen) atoms. The van der Waals surface area contributed by atoms with Crippen LogP contribution in [0.5, 0.6) is 5.75 Å². The van der Waals surface area contributed by atoms with Crippen molar-refractivity contribution >= 4 is 11.6 Å². The van der Waals surface area contributed by atoms with E-state index in [0.29, 0.717) is 6.61 Å². The maximum absolute atomic E-state index is 12.7. The highest BCUT2D eigenvalue weighted by atomic mass is 35.5. The number of pyridine rings is 1. The Morgan fingerprint density at radius 3 is 3.00 bits per heavy atom. The first-order valence-corrected chi connectivity index (χ1v) is 3.56. The number of rotatable bonds is 2. The van der Waals surface area contributed by atoms with E-state index in [1.807, 2.05) is 0 Å². The Labute approximate surface area is 69.0 Å². The third kappa shape index (κ3) is 1.80. The summed E-state index contributed by atoms with van der Waals surface area (Å²) in [6, 6.07) is 1.48. The number of aromatic nitrogens is 1. The van der Waals surface area contributed by atoms with Crippen LogP contribution in [0.3, 0.4) is 0 Å². The first-order chi connectivity index (χ1) is 5.25. The molecule has 0 bridgehead atoms. The molecule has 0 saturated carbocycles. The molecule has 0 aliphatic carbocycles. The van der Waals surface area contributed by atoms with E-state index in [0.717, 1.165) is 0 Å². The van der Waals surface area contributed by atoms with Gasteiger partial charge in [-0.2, -0.15) is 4.39 Å². The van der Waals surface area contributed by atoms with E-state index in [1.165, 1.54) is 12.3 Å². The summed E-state index contributed by atoms with van der Waals surface area (Å²) in [5.41, 5.74) is 0. The van der Waals surface area contributed by atoms with Crippen molar-refractivity contribution in [3.05, 3.63) is 23.2 Å². The Bertz CT molecular complexity index is 234. The first kappa shape index (κ1) is 8.27. The SMILES string of the molecule is CCOc1c(Cl)ccnc1F. The van der Waals surface area contributed by atoms with Crippen molar-refractivity contribution in [1.82, 2.24) is 4.98 Å². The Morgan fingerprint density at radius 1 is 1.73 bits per heavy atom. The standard InChI is InChI=1S/C7H7ClFNO/c1-2-11-6-5(8)3-4-10-7(6)9/h3-4H,2H2,1H3. The van der Waals surface area contributed by atoms with Crippen molar-refractivity contribution in [3.63, 3.8) is 0 Å². The van der Waals surface area contributed by atoms with Crippen molar-refractivity contribution in [1.29, 1.82) is 0 Å². The van der Waals surface area contributed by atoms with Crippen LogP contribution < -0.4 is 4.74 Å². The molecule has 0 spiro atoms. The van der Waals surface area contributed by atoms with Crippen LogP contribution in [-0.2, 0) is 0 Å². The predicted octanol–water partition coefficient (Wildman–Crippen LogP) is 2.27. The van der Waals surface area contributed by atoms with Crippen molar-refractivity contribution in [3.8, 4) is 5.75 Å². The number of nitrogens with zero attached hydrogens (tertiary/aromatic N) is 1. The van der Waals surface area contributed by atoms with Gasteiger partial charge in [0.2, 0.25) is 0 Å². The van der Waals surface area contributed by atoms with Crippen LogP contribution in [-0.4, -0.2) is 11.6 Å². The van der Waals surface area contributed by atoms with E-state index >= 15 is 0 Å². The van der Waals surface area contributed by atoms with Gasteiger partial charge in [-0.25, -0.2) is 4.98 Å². The van der Waals surface area contributed by atoms with E-state index < -0.39 is 5.95 Å². The van der Waals surface area contributed by atoms with Crippen molar-refractivity contribution in [2.24, 2.45) is 0 Å². The number of halogens is 2. The molecule has 4 heteroatoms. The maximum Gasteiger partial charge on any atom is 0.256 e. The number of hydrogen-bond acceptors (Lipinski definition) is 2. The van der Waals surface area contributed by atoms with Gasteiger partial charge in [-0.05, 0) is 13.0 Å². The summed E-state index contributed by atoms with van der Waals surface area (Å²) < 4.78 is 17.6. The quantitative estimate of drug-likeness (QED) is 0.644. The van der Waals surface area contributed by atoms with Crippen LogP contribution in [0.25, 0.3) is 0 Å². The summed E-state index contributed by atoms with van der Waals surface area (Å²) in [5, 5.41) is 0.249. The van der Waals surface area contributed by atoms with Gasteiger partial charge in [0.1, 0.15) is 0 Å². The molecule has 0 aliphatic rings. The van der Waals surface area contributed by atoms with Gasteiger partial charge in [0, 0.05) is 6.20 Å². The average Bonchev–Trinajstić information content (AvgIpc) is 1.97. The molecule has 0 N–H and O–H groups in total. The average molecular weight is 176 g/mol. The molecule has 1 heterocycles. The zero-order chi connectivity index (χ0) is 8.27. The van der Waals surface area contributed by atoms with Gasteiger partial charge in [-0.3, -0.25) is 0 Å². The number of ether oxygens (including phenoxy) is 1. The van der Waals surface area contributed by atoms with E-state index in [1.54, 1.807) is 6.92 Å². The lowest BCUT2D eigenvalue weighted by Crippen LogP contribution is -1.96. The highest BCUT2D eigenvalue weighted by Crippen LogP contribution is 2.25. The minimum absolute atomic E-state index is 0.0247. The third-order valence-corrected chi connectivity index (χ3v) is 1.40. The van der Waals surface area contributed by atoms with Crippen molar-refractivity contribution in [2.45, 2.75) is 6.92 Å². The second kappa shape index (κ2) is 3.53. The second-order valence-electron chi connectivity index (χ2n) is 1.85. The molecular weight excluding hydrogens is 169 g/mol. The lowest BCUT2D eigenvalue weighted by atomic mass is 10.4. The van der Waals surface area contributed by atoms with Gasteiger partial charge >= 0.3 is 0 Å². The van der Waals surface area contributed by atoms with Gasteiger partial charge in [-0.1, -0.05) is 11.6 Å². The molecule has 0 fully saturated rings. The van der Waals surface area contributed by atoms with Crippen LogP contribution in [0.4, 0.5) is 4.39 Å². The Balaban J connectivity index is 3.00. The topological polar surface area (TPSA) is 22.1 Å². The number of hydrogen-bond donors (Lipinski definition) is 0. The molecule has 60 valence electrons. The van der Waals surface area contributed by atoms with Crippen LogP contribution in [0, 0.1) is 5.95 Å². The smallest absolute Gasteiger partial charge is 0.256 e. The Hall–Kier alpha value is -0.830. The molecule has 1 rings (SSSR count). The van der Waals surface area contributed by atoms with E-state index in [4.69, 9.17) is 16.3 Å². The fourth-order valence-corrected chi connectivity index (χ4v) is 0.863. The predicted molar refractivity (Wildman–Crippen MR) is 40.4 cm³/mol. The van der Waals surface area contributed by atoms with Crippen LogP contribution in [0.2, 0.25) is 5.02 Å². The first-order valence-electron chi connectivity index (χ1n) is 3.18. The molecule has 1 aromatic rings. The van der Waals surface area contributed by atoms with Gasteiger partial charge in [0.25, 0.3) is 5.95 Å². The molecule has 0 aromatic carbocycles. The van der Waals surface area contributed by atoms with Crippen LogP contribution >= 0.6 is 11.6 Å². The summed E-state index contributed by atoms with van der Waals surface area (Å²) in [4.78, 5) is 3.38. The van der Waals surface area contributed by atoms with Crippen LogP contribution in [0.1, 0.15) is 6.92 Å². The minimum Gasteiger partial charge on any atom is -0.488 e. The van der Waals surface area contributed by atoms with Crippen molar-refractivity contribution in [2.75, 3.05) is 6.61 Å². The molecule has 0 atom stereocenters. The van der Waals surface area contributed by atoms with E-state index in [9.17, 15) is 4.39 Å². The lowest BCUT2D eigenvalue weighted by Gasteiger charge is -2.03. The maximum atomic E-state index is 12.7. The molecule has 1 aromatic heterocycles. The second-order valence-corrected chi connectivity index (χ2v) is 2.25. The van der Waals surface area contributed by atoms with Gasteiger partial charge in [0.05, 0.1) is 11.6 Å². The van der Waals surface area contributed by atoms with Gasteiger partial charge in [0.15, 0.2) is 5.75 Å². The monoisotopic (exact) mass is 175 g/mol. The molecule has 0 unspecified atom stereocenters. The van der Waals surface area contributed by atoms with E-state index in [2.05, 4.69) is 4.98 Å². The zero-order valence-electron chi connectivity index (χ0n) is 5.97. The summed E-state index contributed by atoms with van der Waals surface area (Å²) in [7, 11) is 0. The Morgan fingerprint density at radius 2 is 2.45 bits per heavy atom. The fraction of sp³-hybridized carbons (Fsp3) is 0.286.